The van der Waals surface area contributed by atoms with Gasteiger partial charge in [0.2, 0.25) is 5.91 Å². The number of likely N-dealkylation sites (tertiary alicyclic amines) is 1. The van der Waals surface area contributed by atoms with Gasteiger partial charge in [-0.25, -0.2) is 0 Å². The average molecular weight is 474 g/mol. The highest BCUT2D eigenvalue weighted by Crippen LogP contribution is 2.39. The van der Waals surface area contributed by atoms with E-state index in [0.29, 0.717) is 61.5 Å². The van der Waals surface area contributed by atoms with E-state index in [2.05, 4.69) is 10.2 Å². The summed E-state index contributed by atoms with van der Waals surface area (Å²) >= 11 is 1.39. The predicted octanol–water partition coefficient (Wildman–Crippen LogP) is 3.63. The molecule has 2 fully saturated rings. The third kappa shape index (κ3) is 5.25. The van der Waals surface area contributed by atoms with E-state index in [0.717, 1.165) is 25.2 Å². The molecule has 1 atom stereocenters. The zero-order chi connectivity index (χ0) is 23.2. The highest BCUT2D eigenvalue weighted by atomic mass is 32.1. The van der Waals surface area contributed by atoms with Gasteiger partial charge in [-0.15, -0.1) is 11.3 Å². The van der Waals surface area contributed by atoms with Crippen molar-refractivity contribution >= 4 is 34.5 Å². The molecule has 2 amide bonds. The van der Waals surface area contributed by atoms with Crippen LogP contribution in [0.15, 0.2) is 29.6 Å². The molecule has 4 rings (SSSR count). The van der Waals surface area contributed by atoms with Gasteiger partial charge in [-0.1, -0.05) is 6.07 Å². The van der Waals surface area contributed by atoms with Gasteiger partial charge in [-0.3, -0.25) is 9.59 Å². The van der Waals surface area contributed by atoms with Crippen molar-refractivity contribution in [3.63, 3.8) is 0 Å². The molecule has 1 aromatic heterocycles. The Bertz CT molecular complexity index is 959. The summed E-state index contributed by atoms with van der Waals surface area (Å²) in [5.41, 5.74) is 1.48. The number of hydrogen-bond donors (Lipinski definition) is 1. The first-order valence-corrected chi connectivity index (χ1v) is 12.4. The first-order chi connectivity index (χ1) is 16.1. The minimum atomic E-state index is -0.511. The molecule has 1 aromatic carbocycles. The summed E-state index contributed by atoms with van der Waals surface area (Å²) < 4.78 is 17.3. The van der Waals surface area contributed by atoms with Crippen molar-refractivity contribution in [3.8, 4) is 11.5 Å². The first-order valence-electron chi connectivity index (χ1n) is 11.5. The first kappa shape index (κ1) is 23.4. The van der Waals surface area contributed by atoms with Crippen molar-refractivity contribution in [1.82, 2.24) is 4.90 Å². The number of nitrogens with zero attached hydrogens (tertiary/aromatic N) is 2. The number of hydrogen-bond acceptors (Lipinski definition) is 7. The Hall–Kier alpha value is -2.78. The molecule has 2 aromatic rings. The lowest BCUT2D eigenvalue weighted by Crippen LogP contribution is -2.43. The largest absolute Gasteiger partial charge is 0.492 e. The summed E-state index contributed by atoms with van der Waals surface area (Å²) in [7, 11) is 0. The van der Waals surface area contributed by atoms with Gasteiger partial charge in [0.15, 0.2) is 0 Å². The fraction of sp³-hybridized carbons (Fsp3) is 0.500. The molecular weight excluding hydrogens is 442 g/mol. The van der Waals surface area contributed by atoms with Crippen molar-refractivity contribution in [2.45, 2.75) is 32.7 Å². The number of morpholine rings is 1. The molecule has 0 saturated carbocycles. The quantitative estimate of drug-likeness (QED) is 0.631. The summed E-state index contributed by atoms with van der Waals surface area (Å²) in [6, 6.07) is 6.90. The summed E-state index contributed by atoms with van der Waals surface area (Å²) in [6.45, 7) is 8.23. The van der Waals surface area contributed by atoms with Gasteiger partial charge in [-0.05, 0) is 38.1 Å². The molecule has 0 aliphatic carbocycles. The third-order valence-corrected chi connectivity index (χ3v) is 6.68. The molecule has 0 radical (unpaired) electrons. The van der Waals surface area contributed by atoms with Crippen LogP contribution in [0.3, 0.4) is 0 Å². The Balaban J connectivity index is 1.58. The Morgan fingerprint density at radius 1 is 1.12 bits per heavy atom. The van der Waals surface area contributed by atoms with Gasteiger partial charge in [0.1, 0.15) is 17.5 Å². The summed E-state index contributed by atoms with van der Waals surface area (Å²) in [6.07, 6.45) is 1.44. The van der Waals surface area contributed by atoms with E-state index >= 15 is 0 Å². The molecule has 2 saturated heterocycles. The smallest absolute Gasteiger partial charge is 0.264 e. The average Bonchev–Trinajstić information content (AvgIpc) is 3.54. The Morgan fingerprint density at radius 3 is 2.58 bits per heavy atom. The van der Waals surface area contributed by atoms with Gasteiger partial charge < -0.3 is 29.3 Å². The Labute approximate surface area is 198 Å². The molecule has 9 heteroatoms. The number of nitrogens with one attached hydrogen (secondary N) is 1. The van der Waals surface area contributed by atoms with E-state index in [9.17, 15) is 9.59 Å². The number of carbonyl (C=O) groups is 2. The van der Waals surface area contributed by atoms with Crippen molar-refractivity contribution in [2.75, 3.05) is 56.3 Å². The fourth-order valence-electron chi connectivity index (χ4n) is 4.28. The van der Waals surface area contributed by atoms with Crippen LogP contribution in [0.4, 0.5) is 11.4 Å². The number of ether oxygens (including phenoxy) is 3. The lowest BCUT2D eigenvalue weighted by molar-refractivity contribution is -0.119. The molecule has 2 aliphatic rings. The van der Waals surface area contributed by atoms with Gasteiger partial charge in [-0.2, -0.15) is 0 Å². The Kier molecular flexibility index (Phi) is 7.72. The minimum absolute atomic E-state index is 0.0923. The van der Waals surface area contributed by atoms with Crippen LogP contribution in [-0.2, 0) is 9.53 Å². The second kappa shape index (κ2) is 10.9. The van der Waals surface area contributed by atoms with Crippen LogP contribution in [-0.4, -0.2) is 68.8 Å². The molecule has 33 heavy (non-hydrogen) atoms. The van der Waals surface area contributed by atoms with Gasteiger partial charge in [0.05, 0.1) is 42.7 Å². The monoisotopic (exact) mass is 473 g/mol. The number of carbonyl (C=O) groups excluding carboxylic acids is 2. The predicted molar refractivity (Wildman–Crippen MR) is 129 cm³/mol. The van der Waals surface area contributed by atoms with E-state index < -0.39 is 6.04 Å². The maximum atomic E-state index is 13.3. The number of anilines is 2. The van der Waals surface area contributed by atoms with E-state index in [1.54, 1.807) is 11.0 Å². The summed E-state index contributed by atoms with van der Waals surface area (Å²) in [4.78, 5) is 30.7. The molecule has 8 nitrogen and oxygen atoms in total. The van der Waals surface area contributed by atoms with Crippen molar-refractivity contribution in [2.24, 2.45) is 0 Å². The van der Waals surface area contributed by atoms with Gasteiger partial charge in [0.25, 0.3) is 5.91 Å². The highest BCUT2D eigenvalue weighted by molar-refractivity contribution is 7.12. The van der Waals surface area contributed by atoms with E-state index in [4.69, 9.17) is 14.2 Å². The van der Waals surface area contributed by atoms with Crippen LogP contribution in [0.1, 0.15) is 36.4 Å². The molecule has 0 spiro atoms. The normalized spacial score (nSPS) is 18.3. The van der Waals surface area contributed by atoms with E-state index in [1.807, 2.05) is 37.4 Å². The summed E-state index contributed by atoms with van der Waals surface area (Å²) in [5.74, 6) is 0.978. The number of rotatable bonds is 8. The zero-order valence-corrected chi connectivity index (χ0v) is 20.0. The molecule has 1 N–H and O–H groups in total. The van der Waals surface area contributed by atoms with Crippen LogP contribution in [0.25, 0.3) is 0 Å². The number of benzene rings is 1. The summed E-state index contributed by atoms with van der Waals surface area (Å²) in [5, 5.41) is 4.89. The molecule has 1 unspecified atom stereocenters. The molecule has 0 bridgehead atoms. The highest BCUT2D eigenvalue weighted by Gasteiger charge is 2.35. The maximum absolute atomic E-state index is 13.3. The van der Waals surface area contributed by atoms with Crippen LogP contribution in [0, 0.1) is 0 Å². The SMILES string of the molecule is CCOc1cc(N2CCOCC2)c(OCC)cc1NC(=O)C1CCCN1C(=O)c1cccs1. The standard InChI is InChI=1S/C24H31N3O5S/c1-3-31-20-16-19(26-10-12-30-13-11-26)21(32-4-2)15-17(20)25-23(28)18-7-5-9-27(18)24(29)22-8-6-14-33-22/h6,8,14-16,18H,3-5,7,9-13H2,1-2H3,(H,25,28). The molecule has 3 heterocycles. The van der Waals surface area contributed by atoms with Crippen molar-refractivity contribution in [1.29, 1.82) is 0 Å². The van der Waals surface area contributed by atoms with Crippen LogP contribution >= 0.6 is 11.3 Å². The maximum Gasteiger partial charge on any atom is 0.264 e. The topological polar surface area (TPSA) is 80.3 Å². The van der Waals surface area contributed by atoms with Gasteiger partial charge in [0, 0.05) is 31.8 Å². The van der Waals surface area contributed by atoms with Crippen LogP contribution < -0.4 is 19.7 Å². The van der Waals surface area contributed by atoms with E-state index in [1.165, 1.54) is 11.3 Å². The third-order valence-electron chi connectivity index (χ3n) is 5.82. The molecular formula is C24H31N3O5S. The number of thiophene rings is 1. The second-order valence-electron chi connectivity index (χ2n) is 7.90. The van der Waals surface area contributed by atoms with Crippen molar-refractivity contribution in [3.05, 3.63) is 34.5 Å². The van der Waals surface area contributed by atoms with Crippen LogP contribution in [0.5, 0.6) is 11.5 Å². The minimum Gasteiger partial charge on any atom is -0.492 e. The number of amides is 2. The lowest BCUT2D eigenvalue weighted by Gasteiger charge is -2.31. The lowest BCUT2D eigenvalue weighted by atomic mass is 10.1. The van der Waals surface area contributed by atoms with Crippen molar-refractivity contribution < 1.29 is 23.8 Å². The zero-order valence-electron chi connectivity index (χ0n) is 19.2. The second-order valence-corrected chi connectivity index (χ2v) is 8.85. The Morgan fingerprint density at radius 2 is 1.88 bits per heavy atom. The molecule has 178 valence electrons. The van der Waals surface area contributed by atoms with Gasteiger partial charge >= 0.3 is 0 Å². The molecule has 2 aliphatic heterocycles. The van der Waals surface area contributed by atoms with E-state index in [-0.39, 0.29) is 11.8 Å². The fourth-order valence-corrected chi connectivity index (χ4v) is 4.96. The van der Waals surface area contributed by atoms with Crippen LogP contribution in [0.2, 0.25) is 0 Å².